The van der Waals surface area contributed by atoms with Gasteiger partial charge in [0.2, 0.25) is 5.91 Å². The van der Waals surface area contributed by atoms with E-state index in [4.69, 9.17) is 4.74 Å². The smallest absolute Gasteiger partial charge is 0.414 e. The van der Waals surface area contributed by atoms with Gasteiger partial charge in [0.25, 0.3) is 5.69 Å². The number of rotatable bonds is 7. The number of nitrogens with zero attached hydrogens (tertiary/aromatic N) is 3. The zero-order chi connectivity index (χ0) is 24.2. The summed E-state index contributed by atoms with van der Waals surface area (Å²) in [5, 5.41) is 15.6. The number of thiazole rings is 1. The van der Waals surface area contributed by atoms with Gasteiger partial charge < -0.3 is 10.1 Å². The molecule has 11 heteroatoms. The lowest BCUT2D eigenvalue weighted by molar-refractivity contribution is -0.384. The molecular weight excluding hydrogens is 463 g/mol. The van der Waals surface area contributed by atoms with Gasteiger partial charge in [-0.05, 0) is 42.0 Å². The number of carbonyl (C=O) groups is 2. The Morgan fingerprint density at radius 1 is 1.32 bits per heavy atom. The molecule has 0 saturated carbocycles. The van der Waals surface area contributed by atoms with E-state index in [1.165, 1.54) is 41.4 Å². The van der Waals surface area contributed by atoms with E-state index in [2.05, 4.69) is 10.3 Å². The number of carbonyl (C=O) groups excluding carboxylic acids is 2. The van der Waals surface area contributed by atoms with Crippen LogP contribution in [-0.2, 0) is 9.53 Å². The Balaban J connectivity index is 1.45. The highest BCUT2D eigenvalue weighted by atomic mass is 32.1. The number of amides is 2. The van der Waals surface area contributed by atoms with Gasteiger partial charge in [-0.15, -0.1) is 11.3 Å². The first-order valence-electron chi connectivity index (χ1n) is 10.2. The molecule has 9 nitrogen and oxygen atoms in total. The molecule has 0 aliphatic carbocycles. The summed E-state index contributed by atoms with van der Waals surface area (Å²) in [6.45, 7) is 1.76. The van der Waals surface area contributed by atoms with Crippen LogP contribution in [0.25, 0.3) is 22.7 Å². The highest BCUT2D eigenvalue weighted by molar-refractivity contribution is 7.13. The van der Waals surface area contributed by atoms with Crippen LogP contribution >= 0.6 is 11.3 Å². The molecule has 1 aliphatic heterocycles. The van der Waals surface area contributed by atoms with Crippen LogP contribution in [0.3, 0.4) is 0 Å². The number of nitro benzene ring substituents is 1. The minimum atomic E-state index is -0.601. The maximum Gasteiger partial charge on any atom is 0.414 e. The predicted octanol–water partition coefficient (Wildman–Crippen LogP) is 4.49. The maximum absolute atomic E-state index is 14.9. The molecule has 4 rings (SSSR count). The number of anilines is 1. The molecule has 1 saturated heterocycles. The third-order valence-corrected chi connectivity index (χ3v) is 5.91. The molecule has 0 bridgehead atoms. The summed E-state index contributed by atoms with van der Waals surface area (Å²) < 4.78 is 20.1. The molecule has 34 heavy (non-hydrogen) atoms. The highest BCUT2D eigenvalue weighted by Gasteiger charge is 2.32. The van der Waals surface area contributed by atoms with E-state index in [0.717, 1.165) is 5.56 Å². The fraction of sp³-hybridized carbons (Fsp3) is 0.174. The predicted molar refractivity (Wildman–Crippen MR) is 126 cm³/mol. The number of nitrogens with one attached hydrogen (secondary N) is 1. The van der Waals surface area contributed by atoms with Crippen LogP contribution in [0.4, 0.5) is 20.6 Å². The molecule has 1 fully saturated rings. The van der Waals surface area contributed by atoms with Crippen LogP contribution < -0.4 is 10.2 Å². The van der Waals surface area contributed by atoms with Gasteiger partial charge in [0.1, 0.15) is 16.9 Å². The van der Waals surface area contributed by atoms with E-state index in [0.29, 0.717) is 22.0 Å². The van der Waals surface area contributed by atoms with Crippen molar-refractivity contribution >= 4 is 46.9 Å². The molecule has 2 heterocycles. The second-order valence-corrected chi connectivity index (χ2v) is 8.34. The van der Waals surface area contributed by atoms with Crippen molar-refractivity contribution in [3.8, 4) is 10.6 Å². The van der Waals surface area contributed by atoms with Gasteiger partial charge in [0.05, 0.1) is 29.4 Å². The lowest BCUT2D eigenvalue weighted by Crippen LogP contribution is -2.33. The summed E-state index contributed by atoms with van der Waals surface area (Å²) in [7, 11) is 0. The molecule has 1 atom stereocenters. The number of benzene rings is 2. The van der Waals surface area contributed by atoms with Crippen LogP contribution in [0.5, 0.6) is 0 Å². The van der Waals surface area contributed by atoms with Crippen LogP contribution in [0.15, 0.2) is 47.8 Å². The van der Waals surface area contributed by atoms with E-state index in [1.54, 1.807) is 41.8 Å². The van der Waals surface area contributed by atoms with Gasteiger partial charge >= 0.3 is 6.09 Å². The Labute approximate surface area is 197 Å². The van der Waals surface area contributed by atoms with E-state index >= 15 is 0 Å². The summed E-state index contributed by atoms with van der Waals surface area (Å²) in [5.74, 6) is -0.758. The third-order valence-electron chi connectivity index (χ3n) is 5.02. The van der Waals surface area contributed by atoms with E-state index < -0.39 is 22.9 Å². The van der Waals surface area contributed by atoms with Crippen molar-refractivity contribution in [3.05, 3.63) is 75.0 Å². The second-order valence-electron chi connectivity index (χ2n) is 7.48. The number of aromatic nitrogens is 1. The van der Waals surface area contributed by atoms with E-state index in [9.17, 15) is 24.1 Å². The SMILES string of the molecule is CC(=O)NCC1CN(c2ccc(-c3nc(C=Cc4ccc([N+](=O)[O-])cc4)cs3)c(F)c2)C(=O)O1. The van der Waals surface area contributed by atoms with Crippen molar-refractivity contribution in [1.29, 1.82) is 0 Å². The van der Waals surface area contributed by atoms with Crippen LogP contribution in [0.1, 0.15) is 18.2 Å². The Hall–Kier alpha value is -4.12. The van der Waals surface area contributed by atoms with E-state index in [-0.39, 0.29) is 24.7 Å². The normalized spacial score (nSPS) is 15.5. The van der Waals surface area contributed by atoms with Gasteiger partial charge in [-0.1, -0.05) is 6.08 Å². The molecular formula is C23H19FN4O5S. The number of hydrogen-bond donors (Lipinski definition) is 1. The molecule has 3 aromatic rings. The Bertz CT molecular complexity index is 1270. The maximum atomic E-state index is 14.9. The van der Waals surface area contributed by atoms with Gasteiger partial charge in [-0.3, -0.25) is 19.8 Å². The molecule has 1 N–H and O–H groups in total. The minimum Gasteiger partial charge on any atom is -0.442 e. The molecule has 2 amide bonds. The third kappa shape index (κ3) is 5.26. The molecule has 0 radical (unpaired) electrons. The molecule has 0 spiro atoms. The highest BCUT2D eigenvalue weighted by Crippen LogP contribution is 2.31. The minimum absolute atomic E-state index is 0.0115. The lowest BCUT2D eigenvalue weighted by Gasteiger charge is -2.14. The molecule has 174 valence electrons. The van der Waals surface area contributed by atoms with Crippen molar-refractivity contribution in [2.24, 2.45) is 0 Å². The van der Waals surface area contributed by atoms with Gasteiger partial charge in [0, 0.05) is 30.0 Å². The molecule has 1 unspecified atom stereocenters. The number of non-ortho nitro benzene ring substituents is 1. The second kappa shape index (κ2) is 9.79. The average molecular weight is 482 g/mol. The van der Waals surface area contributed by atoms with Crippen molar-refractivity contribution in [2.75, 3.05) is 18.0 Å². The fourth-order valence-corrected chi connectivity index (χ4v) is 4.13. The van der Waals surface area contributed by atoms with Crippen LogP contribution in [0, 0.1) is 15.9 Å². The van der Waals surface area contributed by atoms with Crippen molar-refractivity contribution in [2.45, 2.75) is 13.0 Å². The zero-order valence-corrected chi connectivity index (χ0v) is 18.8. The summed E-state index contributed by atoms with van der Waals surface area (Å²) >= 11 is 1.27. The number of cyclic esters (lactones) is 1. The average Bonchev–Trinajstić information content (AvgIpc) is 3.43. The fourth-order valence-electron chi connectivity index (χ4n) is 3.32. The van der Waals surface area contributed by atoms with Gasteiger partial charge in [-0.25, -0.2) is 14.2 Å². The lowest BCUT2D eigenvalue weighted by atomic mass is 10.1. The molecule has 2 aromatic carbocycles. The first-order valence-corrected chi connectivity index (χ1v) is 11.1. The van der Waals surface area contributed by atoms with Crippen LogP contribution in [0.2, 0.25) is 0 Å². The summed E-state index contributed by atoms with van der Waals surface area (Å²) in [4.78, 5) is 39.2. The van der Waals surface area contributed by atoms with Gasteiger partial charge in [-0.2, -0.15) is 0 Å². The van der Waals surface area contributed by atoms with E-state index in [1.807, 2.05) is 0 Å². The number of nitro groups is 1. The van der Waals surface area contributed by atoms with Crippen molar-refractivity contribution in [1.82, 2.24) is 10.3 Å². The Morgan fingerprint density at radius 2 is 2.09 bits per heavy atom. The summed E-state index contributed by atoms with van der Waals surface area (Å²) in [5.41, 5.74) is 2.05. The topological polar surface area (TPSA) is 115 Å². The number of ether oxygens (including phenoxy) is 1. The first kappa shape index (κ1) is 23.1. The number of halogens is 1. The summed E-state index contributed by atoms with van der Waals surface area (Å²) in [6.07, 6.45) is 2.39. The Kier molecular flexibility index (Phi) is 6.64. The number of hydrogen-bond acceptors (Lipinski definition) is 7. The van der Waals surface area contributed by atoms with Crippen molar-refractivity contribution in [3.63, 3.8) is 0 Å². The van der Waals surface area contributed by atoms with Gasteiger partial charge in [0.15, 0.2) is 0 Å². The largest absolute Gasteiger partial charge is 0.442 e. The standard InChI is InChI=1S/C23H19FN4O5S/c1-14(29)25-11-19-12-27(23(30)33-19)18-8-9-20(21(24)10-18)22-26-16(13-34-22)5-2-15-3-6-17(7-4-15)28(31)32/h2-10,13,19H,11-12H2,1H3,(H,25,29). The summed E-state index contributed by atoms with van der Waals surface area (Å²) in [6, 6.07) is 10.5. The molecule has 1 aromatic heterocycles. The quantitative estimate of drug-likeness (QED) is 0.392. The molecule has 1 aliphatic rings. The Morgan fingerprint density at radius 3 is 2.76 bits per heavy atom. The monoisotopic (exact) mass is 482 g/mol. The zero-order valence-electron chi connectivity index (χ0n) is 17.9. The van der Waals surface area contributed by atoms with Crippen molar-refractivity contribution < 1.29 is 23.6 Å². The first-order chi connectivity index (χ1) is 16.3. The van der Waals surface area contributed by atoms with Crippen LogP contribution in [-0.4, -0.2) is 41.1 Å².